The number of guanidine groups is 1. The first-order chi connectivity index (χ1) is 12.5. The van der Waals surface area contributed by atoms with Gasteiger partial charge in [0, 0.05) is 38.4 Å². The van der Waals surface area contributed by atoms with Crippen LogP contribution in [0, 0.1) is 17.5 Å². The van der Waals surface area contributed by atoms with E-state index in [1.807, 2.05) is 4.90 Å². The minimum atomic E-state index is -0.463. The van der Waals surface area contributed by atoms with Gasteiger partial charge in [0.15, 0.2) is 5.96 Å². The van der Waals surface area contributed by atoms with Gasteiger partial charge in [-0.3, -0.25) is 4.99 Å². The van der Waals surface area contributed by atoms with Crippen molar-refractivity contribution in [1.29, 1.82) is 0 Å². The summed E-state index contributed by atoms with van der Waals surface area (Å²) >= 11 is 0. The molecule has 1 heterocycles. The molecule has 1 aliphatic heterocycles. The van der Waals surface area contributed by atoms with Gasteiger partial charge in [0.05, 0.1) is 0 Å². The van der Waals surface area contributed by atoms with Gasteiger partial charge in [0.2, 0.25) is 0 Å². The highest BCUT2D eigenvalue weighted by Gasteiger charge is 2.18. The summed E-state index contributed by atoms with van der Waals surface area (Å²) in [5.41, 5.74) is 7.29. The summed E-state index contributed by atoms with van der Waals surface area (Å²) in [6, 6.07) is 9.81. The van der Waals surface area contributed by atoms with E-state index in [2.05, 4.69) is 9.89 Å². The lowest BCUT2D eigenvalue weighted by Crippen LogP contribution is -2.51. The minimum absolute atomic E-state index is 0.251. The number of nitrogens with zero attached hydrogens (tertiary/aromatic N) is 3. The lowest BCUT2D eigenvalue weighted by Gasteiger charge is -2.36. The second kappa shape index (κ2) is 8.12. The molecule has 4 nitrogen and oxygen atoms in total. The molecule has 1 aliphatic rings. The zero-order chi connectivity index (χ0) is 18.5. The van der Waals surface area contributed by atoms with Crippen molar-refractivity contribution in [3.05, 3.63) is 65.5 Å². The first-order valence-electron chi connectivity index (χ1n) is 8.52. The Morgan fingerprint density at radius 3 is 2.27 bits per heavy atom. The molecule has 2 N–H and O–H groups in total. The van der Waals surface area contributed by atoms with Crippen molar-refractivity contribution in [2.75, 3.05) is 37.6 Å². The standard InChI is InChI=1S/C19H21F3N4/c20-15-1-4-17(5-2-15)25-9-11-26(12-10-25)19(23)24-8-7-14-13-16(21)3-6-18(14)22/h1-6,13H,7-12H2,(H2,23,24). The van der Waals surface area contributed by atoms with Crippen LogP contribution in [0.4, 0.5) is 18.9 Å². The van der Waals surface area contributed by atoms with Crippen molar-refractivity contribution < 1.29 is 13.2 Å². The molecule has 0 aromatic heterocycles. The molecule has 0 spiro atoms. The molecule has 1 fully saturated rings. The van der Waals surface area contributed by atoms with E-state index in [9.17, 15) is 13.2 Å². The molecule has 0 radical (unpaired) electrons. The molecule has 1 saturated heterocycles. The van der Waals surface area contributed by atoms with Crippen LogP contribution < -0.4 is 10.6 Å². The average molecular weight is 362 g/mol. The first kappa shape index (κ1) is 18.1. The second-order valence-electron chi connectivity index (χ2n) is 6.18. The Morgan fingerprint density at radius 1 is 0.923 bits per heavy atom. The van der Waals surface area contributed by atoms with Gasteiger partial charge in [-0.2, -0.15) is 0 Å². The van der Waals surface area contributed by atoms with Crippen LogP contribution in [-0.4, -0.2) is 43.6 Å². The van der Waals surface area contributed by atoms with Crippen LogP contribution in [0.5, 0.6) is 0 Å². The zero-order valence-electron chi connectivity index (χ0n) is 14.3. The van der Waals surface area contributed by atoms with E-state index in [0.717, 1.165) is 30.9 Å². The zero-order valence-corrected chi connectivity index (χ0v) is 14.3. The number of aliphatic imine (C=N–C) groups is 1. The number of hydrogen-bond donors (Lipinski definition) is 1. The SMILES string of the molecule is NC(=NCCc1cc(F)ccc1F)N1CCN(c2ccc(F)cc2)CC1. The van der Waals surface area contributed by atoms with Crippen LogP contribution in [-0.2, 0) is 6.42 Å². The number of hydrogen-bond acceptors (Lipinski definition) is 2. The number of nitrogens with two attached hydrogens (primary N) is 1. The summed E-state index contributed by atoms with van der Waals surface area (Å²) in [5, 5.41) is 0. The monoisotopic (exact) mass is 362 g/mol. The summed E-state index contributed by atoms with van der Waals surface area (Å²) in [6.07, 6.45) is 0.292. The quantitative estimate of drug-likeness (QED) is 0.672. The van der Waals surface area contributed by atoms with E-state index >= 15 is 0 Å². The Bertz CT molecular complexity index is 769. The summed E-state index contributed by atoms with van der Waals surface area (Å²) in [7, 11) is 0. The van der Waals surface area contributed by atoms with Gasteiger partial charge in [-0.05, 0) is 54.4 Å². The maximum atomic E-state index is 13.6. The lowest BCUT2D eigenvalue weighted by molar-refractivity contribution is 0.381. The highest BCUT2D eigenvalue weighted by molar-refractivity contribution is 5.78. The van der Waals surface area contributed by atoms with E-state index in [4.69, 9.17) is 5.73 Å². The van der Waals surface area contributed by atoms with Crippen molar-refractivity contribution in [3.8, 4) is 0 Å². The minimum Gasteiger partial charge on any atom is -0.370 e. The van der Waals surface area contributed by atoms with Gasteiger partial charge in [-0.15, -0.1) is 0 Å². The third-order valence-electron chi connectivity index (χ3n) is 4.46. The molecule has 26 heavy (non-hydrogen) atoms. The molecule has 2 aromatic rings. The van der Waals surface area contributed by atoms with E-state index in [1.165, 1.54) is 18.2 Å². The molecule has 0 bridgehead atoms. The van der Waals surface area contributed by atoms with Gasteiger partial charge in [-0.1, -0.05) is 0 Å². The fourth-order valence-electron chi connectivity index (χ4n) is 2.97. The lowest BCUT2D eigenvalue weighted by atomic mass is 10.1. The Kier molecular flexibility index (Phi) is 5.65. The highest BCUT2D eigenvalue weighted by Crippen LogP contribution is 2.17. The number of halogens is 3. The Labute approximate surface area is 150 Å². The predicted octanol–water partition coefficient (Wildman–Crippen LogP) is 2.78. The van der Waals surface area contributed by atoms with E-state index in [-0.39, 0.29) is 5.82 Å². The molecule has 0 atom stereocenters. The van der Waals surface area contributed by atoms with Crippen LogP contribution in [0.15, 0.2) is 47.5 Å². The fourth-order valence-corrected chi connectivity index (χ4v) is 2.97. The largest absolute Gasteiger partial charge is 0.370 e. The van der Waals surface area contributed by atoms with Gasteiger partial charge >= 0.3 is 0 Å². The summed E-state index contributed by atoms with van der Waals surface area (Å²) in [6.45, 7) is 3.19. The summed E-state index contributed by atoms with van der Waals surface area (Å²) < 4.78 is 39.8. The Hall–Kier alpha value is -2.70. The van der Waals surface area contributed by atoms with E-state index in [1.54, 1.807) is 12.1 Å². The molecule has 0 aliphatic carbocycles. The van der Waals surface area contributed by atoms with Gasteiger partial charge in [0.25, 0.3) is 0 Å². The second-order valence-corrected chi connectivity index (χ2v) is 6.18. The summed E-state index contributed by atoms with van der Waals surface area (Å²) in [5.74, 6) is -0.748. The molecule has 138 valence electrons. The number of piperazine rings is 1. The molecular formula is C19H21F3N4. The number of benzene rings is 2. The Morgan fingerprint density at radius 2 is 1.58 bits per heavy atom. The van der Waals surface area contributed by atoms with Crippen LogP contribution in [0.25, 0.3) is 0 Å². The molecule has 0 saturated carbocycles. The third-order valence-corrected chi connectivity index (χ3v) is 4.46. The third kappa shape index (κ3) is 4.47. The smallest absolute Gasteiger partial charge is 0.191 e. The topological polar surface area (TPSA) is 44.9 Å². The van der Waals surface area contributed by atoms with Crippen LogP contribution >= 0.6 is 0 Å². The van der Waals surface area contributed by atoms with Crippen LogP contribution in [0.2, 0.25) is 0 Å². The maximum absolute atomic E-state index is 13.6. The van der Waals surface area contributed by atoms with Crippen molar-refractivity contribution in [1.82, 2.24) is 4.90 Å². The van der Waals surface area contributed by atoms with E-state index in [0.29, 0.717) is 37.6 Å². The first-order valence-corrected chi connectivity index (χ1v) is 8.52. The number of rotatable bonds is 4. The van der Waals surface area contributed by atoms with Gasteiger partial charge in [-0.25, -0.2) is 13.2 Å². The molecule has 7 heteroatoms. The van der Waals surface area contributed by atoms with Crippen molar-refractivity contribution in [2.24, 2.45) is 10.7 Å². The Balaban J connectivity index is 1.51. The summed E-state index contributed by atoms with van der Waals surface area (Å²) in [4.78, 5) is 8.40. The van der Waals surface area contributed by atoms with Crippen LogP contribution in [0.3, 0.4) is 0 Å². The molecule has 3 rings (SSSR count). The van der Waals surface area contributed by atoms with E-state index < -0.39 is 11.6 Å². The average Bonchev–Trinajstić information content (AvgIpc) is 2.65. The van der Waals surface area contributed by atoms with Crippen molar-refractivity contribution in [3.63, 3.8) is 0 Å². The van der Waals surface area contributed by atoms with Crippen LogP contribution in [0.1, 0.15) is 5.56 Å². The normalized spacial score (nSPS) is 15.4. The molecule has 2 aromatic carbocycles. The fraction of sp³-hybridized carbons (Fsp3) is 0.316. The molecular weight excluding hydrogens is 341 g/mol. The number of anilines is 1. The highest BCUT2D eigenvalue weighted by atomic mass is 19.1. The predicted molar refractivity (Wildman–Crippen MR) is 96.7 cm³/mol. The van der Waals surface area contributed by atoms with Gasteiger partial charge < -0.3 is 15.5 Å². The molecule has 0 unspecified atom stereocenters. The van der Waals surface area contributed by atoms with Crippen molar-refractivity contribution in [2.45, 2.75) is 6.42 Å². The maximum Gasteiger partial charge on any atom is 0.191 e. The van der Waals surface area contributed by atoms with Gasteiger partial charge in [0.1, 0.15) is 17.5 Å². The molecule has 0 amide bonds. The van der Waals surface area contributed by atoms with Crippen molar-refractivity contribution >= 4 is 11.6 Å².